The summed E-state index contributed by atoms with van der Waals surface area (Å²) in [6, 6.07) is 18.3. The van der Waals surface area contributed by atoms with E-state index in [0.717, 1.165) is 11.4 Å². The Labute approximate surface area is 134 Å². The van der Waals surface area contributed by atoms with Gasteiger partial charge in [0.05, 0.1) is 0 Å². The van der Waals surface area contributed by atoms with Crippen LogP contribution in [-0.2, 0) is 13.1 Å². The molecule has 0 unspecified atom stereocenters. The van der Waals surface area contributed by atoms with Crippen LogP contribution in [0.25, 0.3) is 0 Å². The second kappa shape index (κ2) is 7.35. The Bertz CT molecular complexity index is 744. The molecule has 0 aliphatic carbocycles. The van der Waals surface area contributed by atoms with Gasteiger partial charge in [0.2, 0.25) is 5.95 Å². The normalized spacial score (nSPS) is 10.3. The maximum absolute atomic E-state index is 12.9. The largest absolute Gasteiger partial charge is 0.366 e. The standard InChI is InChI=1S/C18H17FN4/c19-16-8-6-15(7-9-16)13-22-18-20-11-10-17(23-18)21-12-14-4-2-1-3-5-14/h1-11H,12-13H2,(H2,20,21,22,23). The van der Waals surface area contributed by atoms with Crippen LogP contribution in [0, 0.1) is 5.82 Å². The fourth-order valence-corrected chi connectivity index (χ4v) is 2.11. The minimum absolute atomic E-state index is 0.239. The molecule has 0 spiro atoms. The molecule has 0 radical (unpaired) electrons. The van der Waals surface area contributed by atoms with Gasteiger partial charge in [-0.3, -0.25) is 0 Å². The number of benzene rings is 2. The molecule has 3 rings (SSSR count). The molecule has 0 amide bonds. The Kier molecular flexibility index (Phi) is 4.79. The molecule has 0 saturated heterocycles. The van der Waals surface area contributed by atoms with Gasteiger partial charge in [-0.15, -0.1) is 0 Å². The van der Waals surface area contributed by atoms with Gasteiger partial charge in [0.25, 0.3) is 0 Å². The minimum Gasteiger partial charge on any atom is -0.366 e. The third-order valence-corrected chi connectivity index (χ3v) is 3.34. The minimum atomic E-state index is -0.239. The SMILES string of the molecule is Fc1ccc(CNc2nccc(NCc3ccccc3)n2)cc1. The lowest BCUT2D eigenvalue weighted by Gasteiger charge is -2.08. The van der Waals surface area contributed by atoms with Crippen molar-refractivity contribution in [3.8, 4) is 0 Å². The number of hydrogen-bond donors (Lipinski definition) is 2. The molecule has 1 aromatic heterocycles. The van der Waals surface area contributed by atoms with Crippen LogP contribution < -0.4 is 10.6 Å². The van der Waals surface area contributed by atoms with Crippen molar-refractivity contribution in [2.24, 2.45) is 0 Å². The first-order valence-corrected chi connectivity index (χ1v) is 7.39. The van der Waals surface area contributed by atoms with Gasteiger partial charge in [-0.2, -0.15) is 4.98 Å². The Morgan fingerprint density at radius 1 is 0.783 bits per heavy atom. The summed E-state index contributed by atoms with van der Waals surface area (Å²) in [7, 11) is 0. The molecule has 3 aromatic rings. The third kappa shape index (κ3) is 4.51. The van der Waals surface area contributed by atoms with Crippen molar-refractivity contribution in [3.63, 3.8) is 0 Å². The van der Waals surface area contributed by atoms with E-state index in [4.69, 9.17) is 0 Å². The summed E-state index contributed by atoms with van der Waals surface area (Å²) in [6.45, 7) is 1.25. The topological polar surface area (TPSA) is 49.8 Å². The lowest BCUT2D eigenvalue weighted by molar-refractivity contribution is 0.627. The molecule has 23 heavy (non-hydrogen) atoms. The molecule has 4 nitrogen and oxygen atoms in total. The Hall–Kier alpha value is -2.95. The monoisotopic (exact) mass is 308 g/mol. The number of hydrogen-bond acceptors (Lipinski definition) is 4. The van der Waals surface area contributed by atoms with E-state index in [0.29, 0.717) is 19.0 Å². The van der Waals surface area contributed by atoms with Gasteiger partial charge >= 0.3 is 0 Å². The highest BCUT2D eigenvalue weighted by Gasteiger charge is 2.00. The van der Waals surface area contributed by atoms with Crippen LogP contribution >= 0.6 is 0 Å². The molecular formula is C18H17FN4. The summed E-state index contributed by atoms with van der Waals surface area (Å²) in [4.78, 5) is 8.60. The average Bonchev–Trinajstić information content (AvgIpc) is 2.61. The van der Waals surface area contributed by atoms with Crippen molar-refractivity contribution in [2.75, 3.05) is 10.6 Å². The number of anilines is 2. The fourth-order valence-electron chi connectivity index (χ4n) is 2.11. The van der Waals surface area contributed by atoms with E-state index in [-0.39, 0.29) is 5.82 Å². The number of nitrogens with one attached hydrogen (secondary N) is 2. The molecule has 0 bridgehead atoms. The van der Waals surface area contributed by atoms with Gasteiger partial charge in [-0.1, -0.05) is 42.5 Å². The smallest absolute Gasteiger partial charge is 0.224 e. The summed E-state index contributed by atoms with van der Waals surface area (Å²) in [5.41, 5.74) is 2.16. The number of rotatable bonds is 6. The van der Waals surface area contributed by atoms with Gasteiger partial charge in [-0.25, -0.2) is 9.37 Å². The first-order chi connectivity index (χ1) is 11.3. The van der Waals surface area contributed by atoms with E-state index in [1.807, 2.05) is 24.3 Å². The van der Waals surface area contributed by atoms with Crippen LogP contribution in [0.15, 0.2) is 66.9 Å². The molecule has 0 atom stereocenters. The average molecular weight is 308 g/mol. The first-order valence-electron chi connectivity index (χ1n) is 7.39. The predicted molar refractivity (Wildman–Crippen MR) is 89.5 cm³/mol. The summed E-state index contributed by atoms with van der Waals surface area (Å²) in [5.74, 6) is 1.05. The molecule has 1 heterocycles. The third-order valence-electron chi connectivity index (χ3n) is 3.34. The zero-order chi connectivity index (χ0) is 15.9. The Morgan fingerprint density at radius 3 is 2.26 bits per heavy atom. The van der Waals surface area contributed by atoms with E-state index in [9.17, 15) is 4.39 Å². The van der Waals surface area contributed by atoms with Crippen LogP contribution in [0.1, 0.15) is 11.1 Å². The van der Waals surface area contributed by atoms with Gasteiger partial charge in [-0.05, 0) is 29.3 Å². The van der Waals surface area contributed by atoms with Crippen LogP contribution in [0.2, 0.25) is 0 Å². The second-order valence-electron chi connectivity index (χ2n) is 5.08. The molecule has 5 heteroatoms. The number of halogens is 1. The van der Waals surface area contributed by atoms with Crippen LogP contribution in [0.3, 0.4) is 0 Å². The quantitative estimate of drug-likeness (QED) is 0.726. The van der Waals surface area contributed by atoms with Crippen molar-refractivity contribution in [1.29, 1.82) is 0 Å². The lowest BCUT2D eigenvalue weighted by Crippen LogP contribution is -2.06. The lowest BCUT2D eigenvalue weighted by atomic mass is 10.2. The molecule has 0 aliphatic heterocycles. The van der Waals surface area contributed by atoms with Gasteiger partial charge < -0.3 is 10.6 Å². The zero-order valence-electron chi connectivity index (χ0n) is 12.5. The zero-order valence-corrected chi connectivity index (χ0v) is 12.5. The van der Waals surface area contributed by atoms with Gasteiger partial charge in [0.1, 0.15) is 11.6 Å². The highest BCUT2D eigenvalue weighted by Crippen LogP contribution is 2.10. The van der Waals surface area contributed by atoms with E-state index < -0.39 is 0 Å². The van der Waals surface area contributed by atoms with Crippen LogP contribution in [0.5, 0.6) is 0 Å². The molecule has 0 aliphatic rings. The first kappa shape index (κ1) is 15.0. The molecule has 116 valence electrons. The number of nitrogens with zero attached hydrogens (tertiary/aromatic N) is 2. The summed E-state index contributed by atoms with van der Waals surface area (Å²) in [6.07, 6.45) is 1.70. The highest BCUT2D eigenvalue weighted by atomic mass is 19.1. The fraction of sp³-hybridized carbons (Fsp3) is 0.111. The number of aromatic nitrogens is 2. The summed E-state index contributed by atoms with van der Waals surface area (Å²) < 4.78 is 12.9. The Balaban J connectivity index is 1.57. The van der Waals surface area contributed by atoms with Crippen molar-refractivity contribution in [2.45, 2.75) is 13.1 Å². The van der Waals surface area contributed by atoms with Crippen molar-refractivity contribution in [1.82, 2.24) is 9.97 Å². The van der Waals surface area contributed by atoms with E-state index in [2.05, 4.69) is 32.7 Å². The van der Waals surface area contributed by atoms with Crippen molar-refractivity contribution >= 4 is 11.8 Å². The second-order valence-corrected chi connectivity index (χ2v) is 5.08. The molecule has 2 N–H and O–H groups in total. The van der Waals surface area contributed by atoms with E-state index in [1.54, 1.807) is 18.3 Å². The highest BCUT2D eigenvalue weighted by molar-refractivity contribution is 5.40. The maximum atomic E-state index is 12.9. The molecular weight excluding hydrogens is 291 g/mol. The molecule has 0 fully saturated rings. The summed E-state index contributed by atoms with van der Waals surface area (Å²) in [5, 5.41) is 6.40. The summed E-state index contributed by atoms with van der Waals surface area (Å²) >= 11 is 0. The van der Waals surface area contributed by atoms with Gasteiger partial charge in [0, 0.05) is 19.3 Å². The van der Waals surface area contributed by atoms with Crippen molar-refractivity contribution in [3.05, 3.63) is 83.8 Å². The van der Waals surface area contributed by atoms with Crippen LogP contribution in [-0.4, -0.2) is 9.97 Å². The van der Waals surface area contributed by atoms with Crippen LogP contribution in [0.4, 0.5) is 16.2 Å². The molecule has 2 aromatic carbocycles. The predicted octanol–water partition coefficient (Wildman–Crippen LogP) is 3.84. The van der Waals surface area contributed by atoms with E-state index >= 15 is 0 Å². The van der Waals surface area contributed by atoms with Crippen molar-refractivity contribution < 1.29 is 4.39 Å². The maximum Gasteiger partial charge on any atom is 0.224 e. The molecule has 0 saturated carbocycles. The van der Waals surface area contributed by atoms with E-state index in [1.165, 1.54) is 17.7 Å². The van der Waals surface area contributed by atoms with Gasteiger partial charge in [0.15, 0.2) is 0 Å². The Morgan fingerprint density at radius 2 is 1.48 bits per heavy atom.